The molecule has 1 aliphatic heterocycles. The molecule has 0 spiro atoms. The molecule has 1 fully saturated rings. The molecule has 1 heterocycles. The van der Waals surface area contributed by atoms with Crippen LogP contribution in [0.5, 0.6) is 0 Å². The van der Waals surface area contributed by atoms with Crippen LogP contribution in [0.3, 0.4) is 0 Å². The first-order chi connectivity index (χ1) is 8.75. The number of hydrogen-bond acceptors (Lipinski definition) is 3. The lowest BCUT2D eigenvalue weighted by molar-refractivity contribution is 0.0973. The van der Waals surface area contributed by atoms with Crippen molar-refractivity contribution < 1.29 is 9.18 Å². The second-order valence-corrected chi connectivity index (χ2v) is 4.63. The zero-order valence-corrected chi connectivity index (χ0v) is 11.7. The third-order valence-electron chi connectivity index (χ3n) is 3.25. The number of hydrogen-bond donors (Lipinski definition) is 1. The summed E-state index contributed by atoms with van der Waals surface area (Å²) in [6.07, 6.45) is 1.41. The van der Waals surface area contributed by atoms with Gasteiger partial charge < -0.3 is 10.2 Å². The zero-order valence-electron chi connectivity index (χ0n) is 10.9. The van der Waals surface area contributed by atoms with Crippen molar-refractivity contribution in [2.75, 3.05) is 32.7 Å². The van der Waals surface area contributed by atoms with E-state index >= 15 is 0 Å². The SMILES string of the molecule is Cl.O=C(CCCN1CCNCC1)c1ccc(F)cc1. The molecule has 1 saturated heterocycles. The van der Waals surface area contributed by atoms with Gasteiger partial charge in [-0.1, -0.05) is 0 Å². The first kappa shape index (κ1) is 16.1. The minimum Gasteiger partial charge on any atom is -0.314 e. The summed E-state index contributed by atoms with van der Waals surface area (Å²) in [5, 5.41) is 3.30. The number of piperazine rings is 1. The smallest absolute Gasteiger partial charge is 0.162 e. The molecule has 1 aromatic carbocycles. The topological polar surface area (TPSA) is 32.3 Å². The predicted molar refractivity (Wildman–Crippen MR) is 76.5 cm³/mol. The second-order valence-electron chi connectivity index (χ2n) is 4.63. The highest BCUT2D eigenvalue weighted by Crippen LogP contribution is 2.08. The van der Waals surface area contributed by atoms with E-state index in [1.165, 1.54) is 12.1 Å². The van der Waals surface area contributed by atoms with Crippen molar-refractivity contribution in [1.29, 1.82) is 0 Å². The largest absolute Gasteiger partial charge is 0.314 e. The van der Waals surface area contributed by atoms with Crippen LogP contribution in [0.2, 0.25) is 0 Å². The lowest BCUT2D eigenvalue weighted by Crippen LogP contribution is -2.43. The quantitative estimate of drug-likeness (QED) is 0.842. The summed E-state index contributed by atoms with van der Waals surface area (Å²) >= 11 is 0. The summed E-state index contributed by atoms with van der Waals surface area (Å²) < 4.78 is 12.7. The van der Waals surface area contributed by atoms with Crippen molar-refractivity contribution in [3.63, 3.8) is 0 Å². The van der Waals surface area contributed by atoms with Gasteiger partial charge >= 0.3 is 0 Å². The highest BCUT2D eigenvalue weighted by molar-refractivity contribution is 5.95. The summed E-state index contributed by atoms with van der Waals surface area (Å²) in [5.41, 5.74) is 0.608. The monoisotopic (exact) mass is 286 g/mol. The van der Waals surface area contributed by atoms with Gasteiger partial charge in [-0.05, 0) is 37.2 Å². The number of rotatable bonds is 5. The molecule has 5 heteroatoms. The van der Waals surface area contributed by atoms with E-state index < -0.39 is 0 Å². The van der Waals surface area contributed by atoms with Crippen LogP contribution in [0.25, 0.3) is 0 Å². The highest BCUT2D eigenvalue weighted by Gasteiger charge is 2.10. The molecule has 0 aliphatic carbocycles. The zero-order chi connectivity index (χ0) is 12.8. The Hall–Kier alpha value is -0.970. The van der Waals surface area contributed by atoms with Gasteiger partial charge in [-0.15, -0.1) is 12.4 Å². The Balaban J connectivity index is 0.00000180. The van der Waals surface area contributed by atoms with Gasteiger partial charge in [-0.2, -0.15) is 0 Å². The van der Waals surface area contributed by atoms with Gasteiger partial charge in [-0.25, -0.2) is 4.39 Å². The molecule has 1 aliphatic rings. The molecule has 2 rings (SSSR count). The van der Waals surface area contributed by atoms with E-state index in [1.807, 2.05) is 0 Å². The number of nitrogens with one attached hydrogen (secondary N) is 1. The third kappa shape index (κ3) is 5.27. The predicted octanol–water partition coefficient (Wildman–Crippen LogP) is 2.12. The fourth-order valence-electron chi connectivity index (χ4n) is 2.18. The fourth-order valence-corrected chi connectivity index (χ4v) is 2.18. The van der Waals surface area contributed by atoms with Gasteiger partial charge in [-0.3, -0.25) is 4.79 Å². The van der Waals surface area contributed by atoms with Crippen molar-refractivity contribution in [1.82, 2.24) is 10.2 Å². The van der Waals surface area contributed by atoms with Crippen LogP contribution in [0, 0.1) is 5.82 Å². The van der Waals surface area contributed by atoms with E-state index in [4.69, 9.17) is 0 Å². The number of carbonyl (C=O) groups excluding carboxylic acids is 1. The van der Waals surface area contributed by atoms with E-state index in [0.717, 1.165) is 39.1 Å². The molecule has 1 N–H and O–H groups in total. The van der Waals surface area contributed by atoms with Gasteiger partial charge in [0.1, 0.15) is 5.82 Å². The molecule has 0 bridgehead atoms. The Labute approximate surface area is 119 Å². The molecule has 106 valence electrons. The van der Waals surface area contributed by atoms with Crippen LogP contribution < -0.4 is 5.32 Å². The lowest BCUT2D eigenvalue weighted by atomic mass is 10.1. The van der Waals surface area contributed by atoms with Crippen LogP contribution in [-0.2, 0) is 0 Å². The number of Topliss-reactive ketones (excluding diaryl/α,β-unsaturated/α-hetero) is 1. The molecule has 0 saturated carbocycles. The maximum Gasteiger partial charge on any atom is 0.162 e. The first-order valence-corrected chi connectivity index (χ1v) is 6.47. The van der Waals surface area contributed by atoms with Crippen LogP contribution in [-0.4, -0.2) is 43.4 Å². The normalized spacial score (nSPS) is 15.8. The van der Waals surface area contributed by atoms with Gasteiger partial charge in [0.2, 0.25) is 0 Å². The number of ketones is 1. The van der Waals surface area contributed by atoms with Crippen molar-refractivity contribution in [2.45, 2.75) is 12.8 Å². The molecule has 0 radical (unpaired) electrons. The number of carbonyl (C=O) groups is 1. The maximum absolute atomic E-state index is 12.7. The minimum atomic E-state index is -0.299. The van der Waals surface area contributed by atoms with Crippen LogP contribution in [0.4, 0.5) is 4.39 Å². The Bertz CT molecular complexity index is 391. The highest BCUT2D eigenvalue weighted by atomic mass is 35.5. The van der Waals surface area contributed by atoms with E-state index in [-0.39, 0.29) is 24.0 Å². The van der Waals surface area contributed by atoms with Gasteiger partial charge in [0.05, 0.1) is 0 Å². The molecular weight excluding hydrogens is 267 g/mol. The standard InChI is InChI=1S/C14H19FN2O.ClH/c15-13-5-3-12(4-6-13)14(18)2-1-9-17-10-7-16-8-11-17;/h3-6,16H,1-2,7-11H2;1H. The molecular formula is C14H20ClFN2O. The van der Waals surface area contributed by atoms with Crippen LogP contribution in [0.15, 0.2) is 24.3 Å². The van der Waals surface area contributed by atoms with E-state index in [0.29, 0.717) is 12.0 Å². The Morgan fingerprint density at radius 1 is 1.21 bits per heavy atom. The number of halogens is 2. The average molecular weight is 287 g/mol. The Morgan fingerprint density at radius 3 is 2.47 bits per heavy atom. The Kier molecular flexibility index (Phi) is 6.99. The van der Waals surface area contributed by atoms with Crippen molar-refractivity contribution >= 4 is 18.2 Å². The molecule has 0 amide bonds. The molecule has 1 aromatic rings. The lowest BCUT2D eigenvalue weighted by Gasteiger charge is -2.26. The van der Waals surface area contributed by atoms with Crippen molar-refractivity contribution in [3.8, 4) is 0 Å². The van der Waals surface area contributed by atoms with Gasteiger partial charge in [0.25, 0.3) is 0 Å². The molecule has 0 aromatic heterocycles. The van der Waals surface area contributed by atoms with E-state index in [1.54, 1.807) is 12.1 Å². The van der Waals surface area contributed by atoms with Gasteiger partial charge in [0, 0.05) is 38.2 Å². The summed E-state index contributed by atoms with van der Waals surface area (Å²) in [7, 11) is 0. The van der Waals surface area contributed by atoms with Crippen molar-refractivity contribution in [2.24, 2.45) is 0 Å². The van der Waals surface area contributed by atoms with E-state index in [9.17, 15) is 9.18 Å². The average Bonchev–Trinajstić information content (AvgIpc) is 2.40. The summed E-state index contributed by atoms with van der Waals surface area (Å²) in [6.45, 7) is 5.15. The van der Waals surface area contributed by atoms with Crippen LogP contribution in [0.1, 0.15) is 23.2 Å². The van der Waals surface area contributed by atoms with Crippen molar-refractivity contribution in [3.05, 3.63) is 35.6 Å². The number of nitrogens with zero attached hydrogens (tertiary/aromatic N) is 1. The minimum absolute atomic E-state index is 0. The molecule has 0 unspecified atom stereocenters. The molecule has 19 heavy (non-hydrogen) atoms. The van der Waals surface area contributed by atoms with Gasteiger partial charge in [0.15, 0.2) is 5.78 Å². The third-order valence-corrected chi connectivity index (χ3v) is 3.25. The summed E-state index contributed by atoms with van der Waals surface area (Å²) in [6, 6.07) is 5.79. The van der Waals surface area contributed by atoms with E-state index in [2.05, 4.69) is 10.2 Å². The fraction of sp³-hybridized carbons (Fsp3) is 0.500. The van der Waals surface area contributed by atoms with Crippen LogP contribution >= 0.6 is 12.4 Å². The molecule has 3 nitrogen and oxygen atoms in total. The summed E-state index contributed by atoms with van der Waals surface area (Å²) in [5.74, 6) is -0.197. The summed E-state index contributed by atoms with van der Waals surface area (Å²) in [4.78, 5) is 14.2. The number of benzene rings is 1. The first-order valence-electron chi connectivity index (χ1n) is 6.47. The Morgan fingerprint density at radius 2 is 1.84 bits per heavy atom. The molecule has 0 atom stereocenters. The maximum atomic E-state index is 12.7. The second kappa shape index (κ2) is 8.25.